The Kier molecular flexibility index (Phi) is 5.21. The van der Waals surface area contributed by atoms with Crippen molar-refractivity contribution in [3.8, 4) is 0 Å². The average Bonchev–Trinajstić information content (AvgIpc) is 2.93. The molecule has 0 spiro atoms. The van der Waals surface area contributed by atoms with E-state index < -0.39 is 11.6 Å². The molecule has 1 aromatic heterocycles. The van der Waals surface area contributed by atoms with E-state index in [9.17, 15) is 13.6 Å². The summed E-state index contributed by atoms with van der Waals surface area (Å²) in [7, 11) is 1.34. The summed E-state index contributed by atoms with van der Waals surface area (Å²) in [5, 5.41) is 5.34. The number of aromatic nitrogens is 1. The zero-order valence-electron chi connectivity index (χ0n) is 11.4. The lowest BCUT2D eigenvalue weighted by Crippen LogP contribution is -2.03. The van der Waals surface area contributed by atoms with Gasteiger partial charge in [-0.1, -0.05) is 0 Å². The maximum absolute atomic E-state index is 13.5. The lowest BCUT2D eigenvalue weighted by molar-refractivity contribution is -0.140. The molecular weight excluding hydrogens is 298 g/mol. The van der Waals surface area contributed by atoms with Crippen molar-refractivity contribution in [1.82, 2.24) is 4.98 Å². The van der Waals surface area contributed by atoms with Crippen LogP contribution in [0, 0.1) is 11.6 Å². The van der Waals surface area contributed by atoms with Gasteiger partial charge in [-0.3, -0.25) is 4.79 Å². The van der Waals surface area contributed by atoms with E-state index in [0.29, 0.717) is 11.6 Å². The highest BCUT2D eigenvalue weighted by atomic mass is 32.1. The van der Waals surface area contributed by atoms with E-state index >= 15 is 0 Å². The number of halogens is 2. The van der Waals surface area contributed by atoms with Crippen LogP contribution in [0.3, 0.4) is 0 Å². The fraction of sp³-hybridized carbons (Fsp3) is 0.286. The Labute approximate surface area is 124 Å². The molecule has 112 valence electrons. The number of nitrogens with zero attached hydrogens (tertiary/aromatic N) is 1. The summed E-state index contributed by atoms with van der Waals surface area (Å²) in [4.78, 5) is 15.3. The van der Waals surface area contributed by atoms with Crippen LogP contribution >= 0.6 is 11.3 Å². The second-order valence-corrected chi connectivity index (χ2v) is 5.17. The van der Waals surface area contributed by atoms with Crippen molar-refractivity contribution in [3.05, 3.63) is 46.5 Å². The summed E-state index contributed by atoms with van der Waals surface area (Å²) in [6, 6.07) is 3.32. The molecule has 0 unspecified atom stereocenters. The molecule has 0 saturated heterocycles. The second-order valence-electron chi connectivity index (χ2n) is 4.31. The second kappa shape index (κ2) is 7.12. The topological polar surface area (TPSA) is 51.2 Å². The van der Waals surface area contributed by atoms with Crippen LogP contribution in [-0.4, -0.2) is 18.1 Å². The SMILES string of the molecule is COC(=O)CCc1csc(NCc2cc(F)ccc2F)n1. The largest absolute Gasteiger partial charge is 0.469 e. The summed E-state index contributed by atoms with van der Waals surface area (Å²) in [6.07, 6.45) is 0.747. The fourth-order valence-corrected chi connectivity index (χ4v) is 2.43. The zero-order chi connectivity index (χ0) is 15.2. The Morgan fingerprint density at radius 2 is 2.24 bits per heavy atom. The van der Waals surface area contributed by atoms with Gasteiger partial charge in [-0.05, 0) is 18.2 Å². The van der Waals surface area contributed by atoms with E-state index in [-0.39, 0.29) is 24.5 Å². The molecule has 0 aliphatic carbocycles. The number of carbonyl (C=O) groups excluding carboxylic acids is 1. The minimum atomic E-state index is -0.480. The number of thiazole rings is 1. The van der Waals surface area contributed by atoms with Crippen molar-refractivity contribution >= 4 is 22.4 Å². The van der Waals surface area contributed by atoms with Gasteiger partial charge < -0.3 is 10.1 Å². The molecule has 0 radical (unpaired) electrons. The molecule has 0 atom stereocenters. The number of rotatable bonds is 6. The third-order valence-electron chi connectivity index (χ3n) is 2.80. The number of methoxy groups -OCH3 is 1. The van der Waals surface area contributed by atoms with Gasteiger partial charge in [0.15, 0.2) is 5.13 Å². The van der Waals surface area contributed by atoms with Crippen LogP contribution in [0.2, 0.25) is 0 Å². The van der Waals surface area contributed by atoms with E-state index in [4.69, 9.17) is 0 Å². The van der Waals surface area contributed by atoms with E-state index in [2.05, 4.69) is 15.0 Å². The molecule has 0 aliphatic heterocycles. The molecule has 0 fully saturated rings. The predicted molar refractivity (Wildman–Crippen MR) is 76.1 cm³/mol. The smallest absolute Gasteiger partial charge is 0.305 e. The van der Waals surface area contributed by atoms with Crippen LogP contribution in [0.25, 0.3) is 0 Å². The fourth-order valence-electron chi connectivity index (χ4n) is 1.68. The van der Waals surface area contributed by atoms with Gasteiger partial charge >= 0.3 is 5.97 Å². The molecule has 1 aromatic carbocycles. The third-order valence-corrected chi connectivity index (χ3v) is 3.65. The Balaban J connectivity index is 1.90. The maximum Gasteiger partial charge on any atom is 0.305 e. The molecule has 2 rings (SSSR count). The molecule has 1 heterocycles. The molecule has 0 bridgehead atoms. The number of hydrogen-bond donors (Lipinski definition) is 1. The number of nitrogens with one attached hydrogen (secondary N) is 1. The first-order chi connectivity index (χ1) is 10.1. The van der Waals surface area contributed by atoms with Gasteiger partial charge in [0.2, 0.25) is 0 Å². The lowest BCUT2D eigenvalue weighted by Gasteiger charge is -2.04. The van der Waals surface area contributed by atoms with Gasteiger partial charge in [-0.25, -0.2) is 13.8 Å². The standard InChI is InChI=1S/C14H14F2N2O2S/c1-20-13(19)5-3-11-8-21-14(18-11)17-7-9-6-10(15)2-4-12(9)16/h2,4,6,8H,3,5,7H2,1H3,(H,17,18). The van der Waals surface area contributed by atoms with Crippen LogP contribution < -0.4 is 5.32 Å². The van der Waals surface area contributed by atoms with Crippen molar-refractivity contribution in [2.75, 3.05) is 12.4 Å². The summed E-state index contributed by atoms with van der Waals surface area (Å²) < 4.78 is 31.0. The van der Waals surface area contributed by atoms with Gasteiger partial charge in [0.05, 0.1) is 19.2 Å². The predicted octanol–water partition coefficient (Wildman–Crippen LogP) is 3.14. The number of esters is 1. The first-order valence-electron chi connectivity index (χ1n) is 6.27. The highest BCUT2D eigenvalue weighted by Gasteiger charge is 2.07. The molecular formula is C14H14F2N2O2S. The quantitative estimate of drug-likeness (QED) is 0.833. The Morgan fingerprint density at radius 3 is 3.00 bits per heavy atom. The summed E-state index contributed by atoms with van der Waals surface area (Å²) in [5.74, 6) is -1.24. The Morgan fingerprint density at radius 1 is 1.43 bits per heavy atom. The molecule has 0 amide bonds. The zero-order valence-corrected chi connectivity index (χ0v) is 12.2. The Bertz CT molecular complexity index is 631. The van der Waals surface area contributed by atoms with Crippen molar-refractivity contribution in [1.29, 1.82) is 0 Å². The van der Waals surface area contributed by atoms with Gasteiger partial charge in [0.1, 0.15) is 11.6 Å². The lowest BCUT2D eigenvalue weighted by atomic mass is 10.2. The van der Waals surface area contributed by atoms with Crippen LogP contribution in [-0.2, 0) is 22.5 Å². The molecule has 7 heteroatoms. The average molecular weight is 312 g/mol. The first-order valence-corrected chi connectivity index (χ1v) is 7.15. The number of benzene rings is 1. The number of anilines is 1. The molecule has 0 aliphatic rings. The third kappa shape index (κ3) is 4.49. The van der Waals surface area contributed by atoms with Crippen LogP contribution in [0.15, 0.2) is 23.6 Å². The molecule has 4 nitrogen and oxygen atoms in total. The highest BCUT2D eigenvalue weighted by molar-refractivity contribution is 7.13. The van der Waals surface area contributed by atoms with Crippen molar-refractivity contribution in [3.63, 3.8) is 0 Å². The summed E-state index contributed by atoms with van der Waals surface area (Å²) in [5.41, 5.74) is 0.994. The van der Waals surface area contributed by atoms with E-state index in [0.717, 1.165) is 23.9 Å². The van der Waals surface area contributed by atoms with E-state index in [1.807, 2.05) is 5.38 Å². The Hall–Kier alpha value is -2.02. The normalized spacial score (nSPS) is 10.4. The van der Waals surface area contributed by atoms with E-state index in [1.165, 1.54) is 18.4 Å². The number of aryl methyl sites for hydroxylation is 1. The molecule has 2 aromatic rings. The number of ether oxygens (including phenoxy) is 1. The monoisotopic (exact) mass is 312 g/mol. The van der Waals surface area contributed by atoms with Gasteiger partial charge in [-0.2, -0.15) is 0 Å². The molecule has 0 saturated carbocycles. The molecule has 21 heavy (non-hydrogen) atoms. The maximum atomic E-state index is 13.5. The first kappa shape index (κ1) is 15.4. The van der Waals surface area contributed by atoms with Crippen LogP contribution in [0.1, 0.15) is 17.7 Å². The van der Waals surface area contributed by atoms with Crippen molar-refractivity contribution in [2.24, 2.45) is 0 Å². The summed E-state index contributed by atoms with van der Waals surface area (Å²) in [6.45, 7) is 0.146. The van der Waals surface area contributed by atoms with Crippen LogP contribution in [0.5, 0.6) is 0 Å². The number of hydrogen-bond acceptors (Lipinski definition) is 5. The van der Waals surface area contributed by atoms with Gasteiger partial charge in [0.25, 0.3) is 0 Å². The molecule has 1 N–H and O–H groups in total. The highest BCUT2D eigenvalue weighted by Crippen LogP contribution is 2.18. The van der Waals surface area contributed by atoms with Gasteiger partial charge in [-0.15, -0.1) is 11.3 Å². The minimum Gasteiger partial charge on any atom is -0.469 e. The van der Waals surface area contributed by atoms with Gasteiger partial charge in [0, 0.05) is 23.9 Å². The van der Waals surface area contributed by atoms with Crippen molar-refractivity contribution < 1.29 is 18.3 Å². The minimum absolute atomic E-state index is 0.146. The summed E-state index contributed by atoms with van der Waals surface area (Å²) >= 11 is 1.35. The van der Waals surface area contributed by atoms with Crippen LogP contribution in [0.4, 0.5) is 13.9 Å². The number of carbonyl (C=O) groups is 1. The van der Waals surface area contributed by atoms with E-state index in [1.54, 1.807) is 0 Å². The van der Waals surface area contributed by atoms with Crippen molar-refractivity contribution in [2.45, 2.75) is 19.4 Å².